The Morgan fingerprint density at radius 1 is 1.29 bits per heavy atom. The molecule has 21 heavy (non-hydrogen) atoms. The van der Waals surface area contributed by atoms with E-state index in [1.165, 1.54) is 5.69 Å². The molecule has 0 aliphatic heterocycles. The number of hydrogen-bond acceptors (Lipinski definition) is 2. The molecule has 6 heteroatoms. The van der Waals surface area contributed by atoms with Crippen LogP contribution in [0.15, 0.2) is 18.3 Å². The molecule has 1 aromatic carbocycles. The van der Waals surface area contributed by atoms with Crippen molar-refractivity contribution in [3.8, 4) is 0 Å². The average molecular weight is 295 g/mol. The number of hydrogen-bond donors (Lipinski definition) is 1. The molecule has 3 rings (SSSR count). The van der Waals surface area contributed by atoms with E-state index in [1.54, 1.807) is 0 Å². The van der Waals surface area contributed by atoms with Gasteiger partial charge < -0.3 is 5.32 Å². The minimum atomic E-state index is -1.43. The molecule has 1 aliphatic rings. The number of aryl methyl sites for hydroxylation is 1. The number of aromatic nitrogens is 2. The maximum absolute atomic E-state index is 13.2. The van der Waals surface area contributed by atoms with Gasteiger partial charge in [0.2, 0.25) is 0 Å². The molecule has 1 aromatic heterocycles. The normalized spacial score (nSPS) is 17.8. The zero-order valence-electron chi connectivity index (χ0n) is 11.7. The monoisotopic (exact) mass is 295 g/mol. The van der Waals surface area contributed by atoms with Crippen molar-refractivity contribution in [3.63, 3.8) is 0 Å². The summed E-state index contributed by atoms with van der Waals surface area (Å²) in [5.74, 6) is -3.74. The predicted molar refractivity (Wildman–Crippen MR) is 72.0 cm³/mol. The van der Waals surface area contributed by atoms with Crippen LogP contribution < -0.4 is 5.32 Å². The Morgan fingerprint density at radius 3 is 2.71 bits per heavy atom. The molecule has 1 unspecified atom stereocenters. The van der Waals surface area contributed by atoms with E-state index in [9.17, 15) is 13.2 Å². The molecule has 1 atom stereocenters. The summed E-state index contributed by atoms with van der Waals surface area (Å²) in [7, 11) is 1.91. The second-order valence-corrected chi connectivity index (χ2v) is 5.37. The lowest BCUT2D eigenvalue weighted by Crippen LogP contribution is -2.25. The summed E-state index contributed by atoms with van der Waals surface area (Å²) in [6.45, 7) is 0.285. The Hall–Kier alpha value is -1.82. The fourth-order valence-electron chi connectivity index (χ4n) is 2.87. The van der Waals surface area contributed by atoms with Crippen LogP contribution in [0.1, 0.15) is 35.7 Å². The highest BCUT2D eigenvalue weighted by atomic mass is 19.2. The van der Waals surface area contributed by atoms with E-state index < -0.39 is 17.5 Å². The molecule has 3 nitrogen and oxygen atoms in total. The van der Waals surface area contributed by atoms with Crippen LogP contribution in [0.2, 0.25) is 0 Å². The van der Waals surface area contributed by atoms with Gasteiger partial charge >= 0.3 is 0 Å². The van der Waals surface area contributed by atoms with Crippen molar-refractivity contribution in [2.75, 3.05) is 0 Å². The molecule has 1 aliphatic carbocycles. The second-order valence-electron chi connectivity index (χ2n) is 5.37. The van der Waals surface area contributed by atoms with Crippen LogP contribution >= 0.6 is 0 Å². The molecule has 2 aromatic rings. The fraction of sp³-hybridized carbons (Fsp3) is 0.400. The van der Waals surface area contributed by atoms with Crippen molar-refractivity contribution in [1.82, 2.24) is 15.1 Å². The quantitative estimate of drug-likeness (QED) is 0.882. The number of halogens is 3. The molecule has 1 N–H and O–H groups in total. The summed E-state index contributed by atoms with van der Waals surface area (Å²) >= 11 is 0. The van der Waals surface area contributed by atoms with E-state index in [4.69, 9.17) is 0 Å². The van der Waals surface area contributed by atoms with E-state index in [-0.39, 0.29) is 12.6 Å². The summed E-state index contributed by atoms with van der Waals surface area (Å²) in [5, 5.41) is 7.52. The number of benzene rings is 1. The smallest absolute Gasteiger partial charge is 0.194 e. The lowest BCUT2D eigenvalue weighted by molar-refractivity contribution is 0.434. The standard InChI is InChI=1S/C15H16F3N3/c1-21-14-4-2-3-13(10(14)8-20-21)19-7-9-5-11(16)15(18)12(17)6-9/h5-6,8,13,19H,2-4,7H2,1H3. The van der Waals surface area contributed by atoms with Crippen molar-refractivity contribution < 1.29 is 13.2 Å². The third kappa shape index (κ3) is 2.68. The van der Waals surface area contributed by atoms with Crippen molar-refractivity contribution in [2.45, 2.75) is 31.8 Å². The number of rotatable bonds is 3. The highest BCUT2D eigenvalue weighted by molar-refractivity contribution is 5.25. The van der Waals surface area contributed by atoms with Crippen molar-refractivity contribution >= 4 is 0 Å². The van der Waals surface area contributed by atoms with Gasteiger partial charge in [0.1, 0.15) is 0 Å². The zero-order valence-corrected chi connectivity index (χ0v) is 11.7. The van der Waals surface area contributed by atoms with Crippen molar-refractivity contribution in [1.29, 1.82) is 0 Å². The van der Waals surface area contributed by atoms with Crippen LogP contribution in [0, 0.1) is 17.5 Å². The van der Waals surface area contributed by atoms with E-state index in [1.807, 2.05) is 17.9 Å². The third-order valence-corrected chi connectivity index (χ3v) is 3.97. The van der Waals surface area contributed by atoms with Gasteiger partial charge in [0.05, 0.1) is 6.20 Å². The Kier molecular flexibility index (Phi) is 3.71. The van der Waals surface area contributed by atoms with Crippen LogP contribution in [-0.4, -0.2) is 9.78 Å². The molecular weight excluding hydrogens is 279 g/mol. The maximum Gasteiger partial charge on any atom is 0.194 e. The highest BCUT2D eigenvalue weighted by Gasteiger charge is 2.23. The predicted octanol–water partition coefficient (Wildman–Crippen LogP) is 3.00. The lowest BCUT2D eigenvalue weighted by Gasteiger charge is -2.24. The number of nitrogens with one attached hydrogen (secondary N) is 1. The van der Waals surface area contributed by atoms with Crippen LogP contribution in [0.4, 0.5) is 13.2 Å². The van der Waals surface area contributed by atoms with Crippen molar-refractivity contribution in [2.24, 2.45) is 7.05 Å². The number of nitrogens with zero attached hydrogens (tertiary/aromatic N) is 2. The average Bonchev–Trinajstić information content (AvgIpc) is 2.85. The SMILES string of the molecule is Cn1ncc2c1CCCC2NCc1cc(F)c(F)c(F)c1. The van der Waals surface area contributed by atoms with Gasteiger partial charge in [-0.15, -0.1) is 0 Å². The molecule has 0 amide bonds. The first-order valence-corrected chi connectivity index (χ1v) is 6.94. The molecule has 0 saturated carbocycles. The second kappa shape index (κ2) is 5.52. The third-order valence-electron chi connectivity index (χ3n) is 3.97. The van der Waals surface area contributed by atoms with Crippen molar-refractivity contribution in [3.05, 3.63) is 52.6 Å². The van der Waals surface area contributed by atoms with Crippen LogP contribution in [0.3, 0.4) is 0 Å². The summed E-state index contributed by atoms with van der Waals surface area (Å²) < 4.78 is 41.2. The topological polar surface area (TPSA) is 29.9 Å². The van der Waals surface area contributed by atoms with Gasteiger partial charge in [-0.1, -0.05) is 0 Å². The summed E-state index contributed by atoms with van der Waals surface area (Å²) in [4.78, 5) is 0. The summed E-state index contributed by atoms with van der Waals surface area (Å²) in [5.41, 5.74) is 2.71. The fourth-order valence-corrected chi connectivity index (χ4v) is 2.87. The van der Waals surface area contributed by atoms with Gasteiger partial charge in [0.25, 0.3) is 0 Å². The first-order chi connectivity index (χ1) is 10.1. The molecular formula is C15H16F3N3. The zero-order chi connectivity index (χ0) is 15.0. The van der Waals surface area contributed by atoms with Gasteiger partial charge in [-0.25, -0.2) is 13.2 Å². The van der Waals surface area contributed by atoms with E-state index in [0.29, 0.717) is 5.56 Å². The molecule has 0 saturated heterocycles. The molecule has 0 radical (unpaired) electrons. The van der Waals surface area contributed by atoms with Gasteiger partial charge in [0.15, 0.2) is 17.5 Å². The van der Waals surface area contributed by atoms with E-state index in [0.717, 1.165) is 37.0 Å². The Labute approximate surface area is 120 Å². The Balaban J connectivity index is 1.74. The first-order valence-electron chi connectivity index (χ1n) is 6.94. The van der Waals surface area contributed by atoms with E-state index in [2.05, 4.69) is 10.4 Å². The largest absolute Gasteiger partial charge is 0.306 e. The van der Waals surface area contributed by atoms with Crippen LogP contribution in [-0.2, 0) is 20.0 Å². The Morgan fingerprint density at radius 2 is 2.00 bits per heavy atom. The maximum atomic E-state index is 13.2. The van der Waals surface area contributed by atoms with Crippen LogP contribution in [0.25, 0.3) is 0 Å². The molecule has 0 spiro atoms. The van der Waals surface area contributed by atoms with Gasteiger partial charge in [-0.2, -0.15) is 5.10 Å². The molecule has 0 fully saturated rings. The minimum absolute atomic E-state index is 0.110. The molecule has 0 bridgehead atoms. The lowest BCUT2D eigenvalue weighted by atomic mass is 9.93. The van der Waals surface area contributed by atoms with Crippen LogP contribution in [0.5, 0.6) is 0 Å². The molecule has 1 heterocycles. The minimum Gasteiger partial charge on any atom is -0.306 e. The summed E-state index contributed by atoms with van der Waals surface area (Å²) in [6.07, 6.45) is 4.81. The first kappa shape index (κ1) is 14.1. The van der Waals surface area contributed by atoms with E-state index >= 15 is 0 Å². The van der Waals surface area contributed by atoms with Gasteiger partial charge in [-0.3, -0.25) is 4.68 Å². The number of fused-ring (bicyclic) bond motifs is 1. The van der Waals surface area contributed by atoms with Gasteiger partial charge in [-0.05, 0) is 37.0 Å². The Bertz CT molecular complexity index is 643. The highest BCUT2D eigenvalue weighted by Crippen LogP contribution is 2.29. The molecule has 112 valence electrons. The van der Waals surface area contributed by atoms with Gasteiger partial charge in [0, 0.05) is 30.9 Å². The summed E-state index contributed by atoms with van der Waals surface area (Å²) in [6, 6.07) is 2.16.